The van der Waals surface area contributed by atoms with E-state index in [1.165, 1.54) is 19.3 Å². The minimum atomic E-state index is -2.96. The third-order valence-corrected chi connectivity index (χ3v) is 9.85. The maximum atomic E-state index is 5.93. The van der Waals surface area contributed by atoms with E-state index in [1.807, 2.05) is 41.5 Å². The van der Waals surface area contributed by atoms with Gasteiger partial charge in [0.05, 0.1) is 0 Å². The van der Waals surface area contributed by atoms with Crippen LogP contribution in [0.5, 0.6) is 0 Å². The molecule has 0 N–H and O–H groups in total. The molecule has 9 heteroatoms. The van der Waals surface area contributed by atoms with Gasteiger partial charge in [0, 0.05) is 52.3 Å². The average molecular weight is 455 g/mol. The molecule has 0 saturated heterocycles. The van der Waals surface area contributed by atoms with Crippen molar-refractivity contribution in [3.05, 3.63) is 0 Å². The first-order valence-corrected chi connectivity index (χ1v) is 15.1. The van der Waals surface area contributed by atoms with E-state index in [1.54, 1.807) is 0 Å². The van der Waals surface area contributed by atoms with Gasteiger partial charge >= 0.3 is 17.9 Å². The van der Waals surface area contributed by atoms with Gasteiger partial charge in [0.1, 0.15) is 0 Å². The molecular weight excluding hydrogens is 408 g/mol. The Morgan fingerprint density at radius 2 is 0.793 bits per heavy atom. The van der Waals surface area contributed by atoms with Crippen LogP contribution in [0.25, 0.3) is 0 Å². The number of hydrogen-bond acceptors (Lipinski definition) is 7. The van der Waals surface area contributed by atoms with Gasteiger partial charge in [-0.05, 0) is 54.4 Å². The molecule has 0 aromatic carbocycles. The third-order valence-electron chi connectivity index (χ3n) is 4.21. The maximum Gasteiger partial charge on any atom is 0.679 e. The summed E-state index contributed by atoms with van der Waals surface area (Å²) in [6, 6.07) is 0.900. The van der Waals surface area contributed by atoms with E-state index in [2.05, 4.69) is 0 Å². The summed E-state index contributed by atoms with van der Waals surface area (Å²) < 4.78 is 40.8. The fraction of sp³-hybridized carbons (Fsp3) is 1.00. The van der Waals surface area contributed by atoms with E-state index in [4.69, 9.17) is 31.0 Å². The molecule has 0 aliphatic rings. The highest BCUT2D eigenvalue weighted by molar-refractivity contribution is 6.60. The van der Waals surface area contributed by atoms with Crippen LogP contribution in [0, 0.1) is 0 Å². The first-order valence-electron chi connectivity index (χ1n) is 11.5. The van der Waals surface area contributed by atoms with Gasteiger partial charge in [-0.2, -0.15) is 0 Å². The molecule has 0 aromatic heterocycles. The van der Waals surface area contributed by atoms with Crippen LogP contribution in [0.4, 0.5) is 0 Å². The van der Waals surface area contributed by atoms with Gasteiger partial charge in [0.2, 0.25) is 0 Å². The van der Waals surface area contributed by atoms with Gasteiger partial charge in [-0.15, -0.1) is 0 Å². The monoisotopic (exact) mass is 454 g/mol. The smallest absolute Gasteiger partial charge is 0.374 e. The fourth-order valence-corrected chi connectivity index (χ4v) is 7.77. The normalized spacial score (nSPS) is 12.6. The molecule has 0 aliphatic carbocycles. The largest absolute Gasteiger partial charge is 0.679 e. The predicted octanol–water partition coefficient (Wildman–Crippen LogP) is 4.94. The minimum absolute atomic E-state index is 0.530. The summed E-state index contributed by atoms with van der Waals surface area (Å²) >= 11 is 0. The molecule has 0 aromatic rings. The zero-order valence-corrected chi connectivity index (χ0v) is 21.8. The molecule has 7 nitrogen and oxygen atoms in total. The molecule has 0 heterocycles. The number of unbranched alkanes of at least 4 members (excludes halogenated alkanes) is 5. The lowest BCUT2D eigenvalue weighted by molar-refractivity contribution is -0.0280. The molecule has 0 saturated carbocycles. The van der Waals surface area contributed by atoms with E-state index >= 15 is 0 Å². The Labute approximate surface area is 181 Å². The van der Waals surface area contributed by atoms with Crippen LogP contribution < -0.4 is 0 Å². The van der Waals surface area contributed by atoms with Crippen molar-refractivity contribution in [1.82, 2.24) is 0 Å². The van der Waals surface area contributed by atoms with E-state index in [0.29, 0.717) is 46.2 Å². The van der Waals surface area contributed by atoms with Crippen LogP contribution in [0.1, 0.15) is 80.1 Å². The van der Waals surface area contributed by atoms with Crippen molar-refractivity contribution >= 4 is 17.9 Å². The lowest BCUT2D eigenvalue weighted by Gasteiger charge is -2.28. The Morgan fingerprint density at radius 1 is 0.414 bits per heavy atom. The molecule has 0 rings (SSSR count). The van der Waals surface area contributed by atoms with Crippen molar-refractivity contribution in [2.24, 2.45) is 0 Å². The Balaban J connectivity index is 4.05. The summed E-state index contributed by atoms with van der Waals surface area (Å²) in [7, 11) is -5.44. The highest BCUT2D eigenvalue weighted by atomic mass is 28.4. The standard InChI is InChI=1S/C20H46O7Si2/c1-7-21-28(22-8-2,23-9-3)20-18-16-14-13-15-17-19-27-29(24-10-4,25-11-5)26-12-6/h7-20H2,1-6H3. The summed E-state index contributed by atoms with van der Waals surface area (Å²) in [5, 5.41) is 0. The molecule has 0 bridgehead atoms. The molecule has 0 amide bonds. The third kappa shape index (κ3) is 13.2. The Hall–Kier alpha value is 0.154. The Morgan fingerprint density at radius 3 is 1.21 bits per heavy atom. The van der Waals surface area contributed by atoms with Crippen LogP contribution in [0.2, 0.25) is 6.04 Å². The number of hydrogen-bond donors (Lipinski definition) is 0. The SMILES string of the molecule is CCO[Si](CCCCCCCCO[Si](OCC)(OCC)OCC)(OCC)OCC. The number of rotatable bonds is 22. The summed E-state index contributed by atoms with van der Waals surface area (Å²) in [4.78, 5) is 0. The molecule has 0 atom stereocenters. The van der Waals surface area contributed by atoms with Crippen LogP contribution in [-0.2, 0) is 31.0 Å². The first kappa shape index (κ1) is 29.2. The van der Waals surface area contributed by atoms with Crippen LogP contribution in [-0.4, -0.2) is 64.1 Å². The van der Waals surface area contributed by atoms with E-state index in [9.17, 15) is 0 Å². The predicted molar refractivity (Wildman–Crippen MR) is 120 cm³/mol. The van der Waals surface area contributed by atoms with Crippen LogP contribution >= 0.6 is 0 Å². The fourth-order valence-electron chi connectivity index (χ4n) is 3.13. The van der Waals surface area contributed by atoms with E-state index in [0.717, 1.165) is 25.3 Å². The highest BCUT2D eigenvalue weighted by Gasteiger charge is 2.44. The topological polar surface area (TPSA) is 64.6 Å². The Kier molecular flexibility index (Phi) is 19.0. The highest BCUT2D eigenvalue weighted by Crippen LogP contribution is 2.21. The van der Waals surface area contributed by atoms with Gasteiger partial charge < -0.3 is 31.0 Å². The Bertz CT molecular complexity index is 296. The maximum absolute atomic E-state index is 5.93. The average Bonchev–Trinajstić information content (AvgIpc) is 2.68. The van der Waals surface area contributed by atoms with Crippen molar-refractivity contribution in [3.8, 4) is 0 Å². The molecule has 176 valence electrons. The minimum Gasteiger partial charge on any atom is -0.374 e. The summed E-state index contributed by atoms with van der Waals surface area (Å²) in [6.07, 6.45) is 6.73. The zero-order chi connectivity index (χ0) is 21.8. The van der Waals surface area contributed by atoms with Crippen molar-refractivity contribution in [1.29, 1.82) is 0 Å². The van der Waals surface area contributed by atoms with Crippen molar-refractivity contribution in [2.75, 3.05) is 46.2 Å². The molecule has 0 spiro atoms. The van der Waals surface area contributed by atoms with E-state index < -0.39 is 17.9 Å². The first-order chi connectivity index (χ1) is 14.1. The molecule has 0 fully saturated rings. The van der Waals surface area contributed by atoms with Crippen LogP contribution in [0.15, 0.2) is 0 Å². The molecule has 0 aliphatic heterocycles. The van der Waals surface area contributed by atoms with Crippen molar-refractivity contribution in [3.63, 3.8) is 0 Å². The lowest BCUT2D eigenvalue weighted by Crippen LogP contribution is -2.49. The summed E-state index contributed by atoms with van der Waals surface area (Å²) in [6.45, 7) is 15.9. The molecule has 0 radical (unpaired) electrons. The van der Waals surface area contributed by atoms with Crippen molar-refractivity contribution in [2.45, 2.75) is 86.1 Å². The second-order valence-electron chi connectivity index (χ2n) is 6.50. The van der Waals surface area contributed by atoms with Gasteiger partial charge in [-0.25, -0.2) is 0 Å². The quantitative estimate of drug-likeness (QED) is 0.170. The van der Waals surface area contributed by atoms with Gasteiger partial charge in [0.25, 0.3) is 0 Å². The second-order valence-corrected chi connectivity index (χ2v) is 11.4. The second kappa shape index (κ2) is 18.9. The lowest BCUT2D eigenvalue weighted by atomic mass is 10.1. The van der Waals surface area contributed by atoms with E-state index in [-0.39, 0.29) is 0 Å². The van der Waals surface area contributed by atoms with Crippen molar-refractivity contribution < 1.29 is 31.0 Å². The summed E-state index contributed by atoms with van der Waals surface area (Å²) in [5.41, 5.74) is 0. The van der Waals surface area contributed by atoms with Gasteiger partial charge in [0.15, 0.2) is 0 Å². The molecular formula is C20H46O7Si2. The van der Waals surface area contributed by atoms with Gasteiger partial charge in [-0.3, -0.25) is 0 Å². The molecule has 29 heavy (non-hydrogen) atoms. The van der Waals surface area contributed by atoms with Gasteiger partial charge in [-0.1, -0.05) is 25.7 Å². The molecule has 0 unspecified atom stereocenters. The zero-order valence-electron chi connectivity index (χ0n) is 19.8. The van der Waals surface area contributed by atoms with Crippen LogP contribution in [0.3, 0.4) is 0 Å². The summed E-state index contributed by atoms with van der Waals surface area (Å²) in [5.74, 6) is 0.